The maximum atomic E-state index is 6.55. The van der Waals surface area contributed by atoms with E-state index in [1.807, 2.05) is 13.8 Å². The molecular formula is C55H114O6P2. The highest BCUT2D eigenvalue weighted by Gasteiger charge is 2.32. The molecule has 0 atom stereocenters. The Morgan fingerprint density at radius 2 is 0.365 bits per heavy atom. The molecule has 0 saturated carbocycles. The zero-order chi connectivity index (χ0) is 45.8. The van der Waals surface area contributed by atoms with Gasteiger partial charge in [0.1, 0.15) is 0 Å². The molecule has 0 aliphatic rings. The SMILES string of the molecule is CCCCCCCCCCCCCOP(OCCCCCCCCCCCCC)OC(C)(C)OP(OCCCCCCCCCCCCC)OCCCCCCCCCCCCC. The van der Waals surface area contributed by atoms with Crippen LogP contribution in [0, 0.1) is 0 Å². The fourth-order valence-electron chi connectivity index (χ4n) is 8.18. The minimum atomic E-state index is -1.54. The van der Waals surface area contributed by atoms with E-state index in [-0.39, 0.29) is 0 Å². The molecule has 0 unspecified atom stereocenters. The van der Waals surface area contributed by atoms with Crippen molar-refractivity contribution in [1.82, 2.24) is 0 Å². The lowest BCUT2D eigenvalue weighted by Crippen LogP contribution is -2.26. The molecule has 0 fully saturated rings. The number of hydrogen-bond acceptors (Lipinski definition) is 6. The first kappa shape index (κ1) is 63.6. The molecule has 6 nitrogen and oxygen atoms in total. The lowest BCUT2D eigenvalue weighted by atomic mass is 10.1. The van der Waals surface area contributed by atoms with Crippen molar-refractivity contribution < 1.29 is 27.1 Å². The molecule has 0 aliphatic heterocycles. The van der Waals surface area contributed by atoms with Crippen LogP contribution in [0.15, 0.2) is 0 Å². The van der Waals surface area contributed by atoms with Crippen molar-refractivity contribution in [3.05, 3.63) is 0 Å². The van der Waals surface area contributed by atoms with Gasteiger partial charge >= 0.3 is 17.2 Å². The van der Waals surface area contributed by atoms with E-state index in [0.717, 1.165) is 25.7 Å². The summed E-state index contributed by atoms with van der Waals surface area (Å²) < 4.78 is 38.6. The van der Waals surface area contributed by atoms with Gasteiger partial charge in [0.05, 0.1) is 26.4 Å². The van der Waals surface area contributed by atoms with Crippen LogP contribution in [-0.4, -0.2) is 32.2 Å². The maximum Gasteiger partial charge on any atom is 0.335 e. The molecule has 0 aromatic rings. The van der Waals surface area contributed by atoms with Gasteiger partial charge in [-0.1, -0.05) is 285 Å². The highest BCUT2D eigenvalue weighted by Crippen LogP contribution is 2.51. The summed E-state index contributed by atoms with van der Waals surface area (Å²) in [5.41, 5.74) is 0. The zero-order valence-electron chi connectivity index (χ0n) is 43.8. The average molecular weight is 933 g/mol. The Bertz CT molecular complexity index is 715. The van der Waals surface area contributed by atoms with E-state index in [4.69, 9.17) is 27.1 Å². The van der Waals surface area contributed by atoms with E-state index in [0.29, 0.717) is 26.4 Å². The van der Waals surface area contributed by atoms with Crippen LogP contribution >= 0.6 is 17.2 Å². The number of unbranched alkanes of at least 4 members (excludes halogenated alkanes) is 40. The van der Waals surface area contributed by atoms with Gasteiger partial charge < -0.3 is 18.1 Å². The van der Waals surface area contributed by atoms with E-state index in [9.17, 15) is 0 Å². The third kappa shape index (κ3) is 51.8. The Balaban J connectivity index is 4.98. The molecule has 0 aromatic heterocycles. The van der Waals surface area contributed by atoms with E-state index in [1.54, 1.807) is 0 Å². The van der Waals surface area contributed by atoms with Gasteiger partial charge in [0, 0.05) is 0 Å². The smallest absolute Gasteiger partial charge is 0.312 e. The van der Waals surface area contributed by atoms with Crippen molar-refractivity contribution in [2.24, 2.45) is 0 Å². The molecule has 0 aromatic carbocycles. The van der Waals surface area contributed by atoms with Crippen LogP contribution < -0.4 is 0 Å². The first-order chi connectivity index (χ1) is 31.0. The molecule has 0 saturated heterocycles. The van der Waals surface area contributed by atoms with Gasteiger partial charge in [-0.3, -0.25) is 9.05 Å². The Labute approximate surface area is 399 Å². The normalized spacial score (nSPS) is 12.2. The molecule has 0 rings (SSSR count). The number of hydrogen-bond donors (Lipinski definition) is 0. The van der Waals surface area contributed by atoms with Gasteiger partial charge in [-0.25, -0.2) is 0 Å². The standard InChI is InChI=1S/C55H114O6P2/c1-7-11-15-19-23-27-31-35-39-43-47-51-56-62(57-52-48-44-40-36-32-28-24-20-16-12-8-2)60-55(5,6)61-63(58-53-49-45-41-37-33-29-25-21-17-13-9-3)59-54-50-46-42-38-34-30-26-22-18-14-10-4/h7-54H2,1-6H3. The van der Waals surface area contributed by atoms with Crippen LogP contribution in [0.4, 0.5) is 0 Å². The van der Waals surface area contributed by atoms with Gasteiger partial charge in [-0.2, -0.15) is 0 Å². The second-order valence-electron chi connectivity index (χ2n) is 19.5. The molecule has 0 amide bonds. The van der Waals surface area contributed by atoms with Crippen LogP contribution in [0.3, 0.4) is 0 Å². The monoisotopic (exact) mass is 933 g/mol. The summed E-state index contributed by atoms with van der Waals surface area (Å²) in [4.78, 5) is 0. The predicted molar refractivity (Wildman–Crippen MR) is 280 cm³/mol. The molecule has 0 spiro atoms. The summed E-state index contributed by atoms with van der Waals surface area (Å²) in [5.74, 6) is -0.945. The summed E-state index contributed by atoms with van der Waals surface area (Å²) in [6, 6.07) is 0. The molecule has 0 aliphatic carbocycles. The van der Waals surface area contributed by atoms with Crippen LogP contribution in [0.2, 0.25) is 0 Å². The Morgan fingerprint density at radius 3 is 0.524 bits per heavy atom. The summed E-state index contributed by atoms with van der Waals surface area (Å²) >= 11 is 0. The highest BCUT2D eigenvalue weighted by atomic mass is 31.2. The third-order valence-corrected chi connectivity index (χ3v) is 15.1. The van der Waals surface area contributed by atoms with Crippen LogP contribution in [0.1, 0.15) is 324 Å². The fourth-order valence-corrected chi connectivity index (χ4v) is 10.5. The molecule has 0 N–H and O–H groups in total. The lowest BCUT2D eigenvalue weighted by molar-refractivity contribution is -0.104. The molecular weight excluding hydrogens is 819 g/mol. The van der Waals surface area contributed by atoms with E-state index in [1.165, 1.54) is 257 Å². The third-order valence-electron chi connectivity index (χ3n) is 12.4. The van der Waals surface area contributed by atoms with Crippen molar-refractivity contribution in [2.75, 3.05) is 26.4 Å². The van der Waals surface area contributed by atoms with E-state index < -0.39 is 23.0 Å². The average Bonchev–Trinajstić information content (AvgIpc) is 3.27. The Kier molecular flexibility index (Phi) is 54.1. The van der Waals surface area contributed by atoms with Crippen molar-refractivity contribution >= 4 is 17.2 Å². The summed E-state index contributed by atoms with van der Waals surface area (Å²) in [7, 11) is -3.09. The second-order valence-corrected chi connectivity index (χ2v) is 21.8. The van der Waals surface area contributed by atoms with Crippen molar-refractivity contribution in [2.45, 2.75) is 330 Å². The van der Waals surface area contributed by atoms with Crippen molar-refractivity contribution in [3.63, 3.8) is 0 Å². The Hall–Kier alpha value is 0.620. The largest absolute Gasteiger partial charge is 0.335 e. The van der Waals surface area contributed by atoms with E-state index in [2.05, 4.69) is 27.7 Å². The molecule has 380 valence electrons. The molecule has 8 heteroatoms. The zero-order valence-corrected chi connectivity index (χ0v) is 45.6. The quantitative estimate of drug-likeness (QED) is 0.0344. The van der Waals surface area contributed by atoms with Gasteiger partial charge in [0.25, 0.3) is 0 Å². The second kappa shape index (κ2) is 53.6. The first-order valence-electron chi connectivity index (χ1n) is 28.5. The lowest BCUT2D eigenvalue weighted by Gasteiger charge is -2.31. The summed E-state index contributed by atoms with van der Waals surface area (Å²) in [6.07, 6.45) is 58.1. The summed E-state index contributed by atoms with van der Waals surface area (Å²) in [6.45, 7) is 15.8. The van der Waals surface area contributed by atoms with E-state index >= 15 is 0 Å². The maximum absolute atomic E-state index is 6.55. The van der Waals surface area contributed by atoms with Crippen molar-refractivity contribution in [3.8, 4) is 0 Å². The van der Waals surface area contributed by atoms with Crippen LogP contribution in [-0.2, 0) is 27.1 Å². The number of rotatable bonds is 56. The molecule has 0 radical (unpaired) electrons. The van der Waals surface area contributed by atoms with Crippen LogP contribution in [0.5, 0.6) is 0 Å². The van der Waals surface area contributed by atoms with Crippen molar-refractivity contribution in [1.29, 1.82) is 0 Å². The fraction of sp³-hybridized carbons (Fsp3) is 1.00. The highest BCUT2D eigenvalue weighted by molar-refractivity contribution is 7.42. The summed E-state index contributed by atoms with van der Waals surface area (Å²) in [5, 5.41) is 0. The molecule has 0 bridgehead atoms. The van der Waals surface area contributed by atoms with Crippen LogP contribution in [0.25, 0.3) is 0 Å². The van der Waals surface area contributed by atoms with Gasteiger partial charge in [-0.15, -0.1) is 0 Å². The first-order valence-corrected chi connectivity index (χ1v) is 30.7. The molecule has 0 heterocycles. The minimum absolute atomic E-state index is 0.663. The minimum Gasteiger partial charge on any atom is -0.312 e. The Morgan fingerprint density at radius 1 is 0.222 bits per heavy atom. The van der Waals surface area contributed by atoms with Gasteiger partial charge in [0.2, 0.25) is 0 Å². The predicted octanol–water partition coefficient (Wildman–Crippen LogP) is 21.5. The van der Waals surface area contributed by atoms with Gasteiger partial charge in [-0.05, 0) is 39.5 Å². The topological polar surface area (TPSA) is 55.4 Å². The van der Waals surface area contributed by atoms with Gasteiger partial charge in [0.15, 0.2) is 5.79 Å². The molecule has 63 heavy (non-hydrogen) atoms.